The summed E-state index contributed by atoms with van der Waals surface area (Å²) in [6.45, 7) is 9.26. The van der Waals surface area contributed by atoms with Crippen molar-refractivity contribution in [1.29, 1.82) is 0 Å². The zero-order valence-corrected chi connectivity index (χ0v) is 28.7. The molecule has 0 spiro atoms. The molecule has 238 valence electrons. The minimum absolute atomic E-state index is 0.0418. The third-order valence-electron chi connectivity index (χ3n) is 9.47. The molecule has 0 N–H and O–H groups in total. The van der Waals surface area contributed by atoms with Gasteiger partial charge in [-0.3, -0.25) is 0 Å². The number of unbranched alkanes of at least 4 members (excludes halogenated alkanes) is 12. The lowest BCUT2D eigenvalue weighted by atomic mass is 9.66. The molecule has 0 fully saturated rings. The van der Waals surface area contributed by atoms with Gasteiger partial charge in [0.2, 0.25) is 0 Å². The van der Waals surface area contributed by atoms with E-state index in [9.17, 15) is 0 Å². The van der Waals surface area contributed by atoms with Crippen molar-refractivity contribution in [3.8, 4) is 0 Å². The molecule has 2 atom stereocenters. The molecule has 2 rings (SSSR count). The van der Waals surface area contributed by atoms with Gasteiger partial charge in [-0.15, -0.1) is 0 Å². The second-order valence-corrected chi connectivity index (χ2v) is 13.4. The molecule has 0 aromatic rings. The molecule has 0 aromatic carbocycles. The van der Waals surface area contributed by atoms with E-state index >= 15 is 0 Å². The minimum atomic E-state index is 0.0418. The van der Waals surface area contributed by atoms with Gasteiger partial charge in [-0.2, -0.15) is 0 Å². The van der Waals surface area contributed by atoms with Crippen molar-refractivity contribution >= 4 is 0 Å². The maximum absolute atomic E-state index is 2.71. The van der Waals surface area contributed by atoms with Gasteiger partial charge in [0, 0.05) is 5.41 Å². The van der Waals surface area contributed by atoms with Gasteiger partial charge in [0.15, 0.2) is 0 Å². The number of hydrogen-bond donors (Lipinski definition) is 0. The van der Waals surface area contributed by atoms with Crippen LogP contribution in [0.15, 0.2) is 71.4 Å². The lowest BCUT2D eigenvalue weighted by Crippen LogP contribution is -2.24. The molecule has 2 aliphatic carbocycles. The van der Waals surface area contributed by atoms with Crippen molar-refractivity contribution < 1.29 is 0 Å². The lowest BCUT2D eigenvalue weighted by Gasteiger charge is -2.38. The van der Waals surface area contributed by atoms with Crippen molar-refractivity contribution in [1.82, 2.24) is 0 Å². The summed E-state index contributed by atoms with van der Waals surface area (Å²) in [6, 6.07) is 0. The summed E-state index contributed by atoms with van der Waals surface area (Å²) in [5.74, 6) is 0.600. The summed E-state index contributed by atoms with van der Waals surface area (Å²) in [4.78, 5) is 0. The van der Waals surface area contributed by atoms with Gasteiger partial charge in [0.1, 0.15) is 0 Å². The first-order chi connectivity index (χ1) is 20.7. The van der Waals surface area contributed by atoms with Gasteiger partial charge in [-0.1, -0.05) is 153 Å². The Hall–Kier alpha value is -1.56. The number of rotatable bonds is 21. The first-order valence-electron chi connectivity index (χ1n) is 18.8. The van der Waals surface area contributed by atoms with Gasteiger partial charge in [-0.05, 0) is 106 Å². The molecule has 0 aliphatic heterocycles. The Morgan fingerprint density at radius 3 is 1.93 bits per heavy atom. The summed E-state index contributed by atoms with van der Waals surface area (Å²) >= 11 is 0. The molecule has 42 heavy (non-hydrogen) atoms. The van der Waals surface area contributed by atoms with Gasteiger partial charge >= 0.3 is 0 Å². The highest BCUT2D eigenvalue weighted by molar-refractivity contribution is 5.51. The van der Waals surface area contributed by atoms with Gasteiger partial charge in [0.25, 0.3) is 0 Å². The van der Waals surface area contributed by atoms with E-state index in [1.807, 2.05) is 0 Å². The Morgan fingerprint density at radius 2 is 1.24 bits per heavy atom. The molecule has 0 heterocycles. The molecular formula is C42H70. The van der Waals surface area contributed by atoms with Crippen LogP contribution in [0.25, 0.3) is 0 Å². The molecule has 0 aromatic heterocycles. The van der Waals surface area contributed by atoms with E-state index in [4.69, 9.17) is 0 Å². The lowest BCUT2D eigenvalue weighted by molar-refractivity contribution is 0.459. The second kappa shape index (κ2) is 23.8. The summed E-state index contributed by atoms with van der Waals surface area (Å²) in [7, 11) is 0. The predicted molar refractivity (Wildman–Crippen MR) is 191 cm³/mol. The summed E-state index contributed by atoms with van der Waals surface area (Å²) in [6.07, 6.45) is 54.6. The van der Waals surface area contributed by atoms with Crippen LogP contribution >= 0.6 is 0 Å². The summed E-state index contributed by atoms with van der Waals surface area (Å²) < 4.78 is 0. The van der Waals surface area contributed by atoms with Crippen LogP contribution in [0.3, 0.4) is 0 Å². The molecule has 2 aliphatic rings. The molecule has 0 heteroatoms. The fourth-order valence-corrected chi connectivity index (χ4v) is 6.95. The first-order valence-corrected chi connectivity index (χ1v) is 18.8. The smallest absolute Gasteiger partial charge is 0.0317 e. The zero-order valence-electron chi connectivity index (χ0n) is 28.7. The summed E-state index contributed by atoms with van der Waals surface area (Å²) in [5.41, 5.74) is 5.08. The highest BCUT2D eigenvalue weighted by Crippen LogP contribution is 2.48. The largest absolute Gasteiger partial charge is 0.0879 e. The van der Waals surface area contributed by atoms with Crippen molar-refractivity contribution in [2.24, 2.45) is 11.3 Å². The molecule has 2 unspecified atom stereocenters. The van der Waals surface area contributed by atoms with E-state index in [-0.39, 0.29) is 5.41 Å². The Kier molecular flexibility index (Phi) is 20.8. The molecule has 0 saturated heterocycles. The Morgan fingerprint density at radius 1 is 0.619 bits per heavy atom. The van der Waals surface area contributed by atoms with Crippen LogP contribution in [0.4, 0.5) is 0 Å². The third kappa shape index (κ3) is 14.3. The van der Waals surface area contributed by atoms with E-state index in [1.54, 1.807) is 16.7 Å². The fraction of sp³-hybridized carbons (Fsp3) is 0.714. The monoisotopic (exact) mass is 575 g/mol. The van der Waals surface area contributed by atoms with E-state index in [2.05, 4.69) is 82.4 Å². The third-order valence-corrected chi connectivity index (χ3v) is 9.47. The van der Waals surface area contributed by atoms with Crippen LogP contribution in [-0.2, 0) is 0 Å². The van der Waals surface area contributed by atoms with Crippen molar-refractivity contribution in [3.63, 3.8) is 0 Å². The predicted octanol–water partition coefficient (Wildman–Crippen LogP) is 14.5. The topological polar surface area (TPSA) is 0 Å². The average Bonchev–Trinajstić information content (AvgIpc) is 2.99. The van der Waals surface area contributed by atoms with Crippen molar-refractivity contribution in [3.05, 3.63) is 71.4 Å². The Labute approximate surface area is 264 Å². The standard InChI is InChI=1S/C42H70/c1-5-9-13-17-20-26-35-42(34-25-19-15-11-7-3)36-27-21-24-32-39(31-23-18-14-10-6-2)41(42)40-33-28-30-38(37-40)29-22-16-12-8-4/h22-23,25-26,29,31,34-35,37-38H,5-21,24,27-28,30,32-33,36H2,1-4H3/b29-22?,31-23?,34-25?,35-26?,41-39-. The van der Waals surface area contributed by atoms with E-state index in [0.717, 1.165) is 0 Å². The van der Waals surface area contributed by atoms with Crippen LogP contribution in [-0.4, -0.2) is 0 Å². The maximum Gasteiger partial charge on any atom is 0.0317 e. The molecule has 0 radical (unpaired) electrons. The van der Waals surface area contributed by atoms with Crippen LogP contribution in [0.1, 0.15) is 182 Å². The molecular weight excluding hydrogens is 504 g/mol. The van der Waals surface area contributed by atoms with E-state index in [0.29, 0.717) is 5.92 Å². The number of allylic oxidation sites excluding steroid dienone is 12. The normalized spacial score (nSPS) is 24.3. The molecule has 0 bridgehead atoms. The van der Waals surface area contributed by atoms with Gasteiger partial charge in [-0.25, -0.2) is 0 Å². The first kappa shape index (κ1) is 36.6. The Balaban J connectivity index is 2.59. The van der Waals surface area contributed by atoms with E-state index in [1.165, 1.54) is 154 Å². The zero-order chi connectivity index (χ0) is 30.1. The van der Waals surface area contributed by atoms with E-state index < -0.39 is 0 Å². The molecule has 0 nitrogen and oxygen atoms in total. The van der Waals surface area contributed by atoms with Crippen LogP contribution < -0.4 is 0 Å². The van der Waals surface area contributed by atoms with Gasteiger partial charge in [0.05, 0.1) is 0 Å². The maximum atomic E-state index is 2.71. The van der Waals surface area contributed by atoms with Crippen molar-refractivity contribution in [2.75, 3.05) is 0 Å². The van der Waals surface area contributed by atoms with Crippen LogP contribution in [0, 0.1) is 11.3 Å². The quantitative estimate of drug-likeness (QED) is 0.0944. The SMILES string of the molecule is CCCCC=CC1C=C(/C2=C(\C=CCCCCC)CCCCCC2(C=CCCCCC)C=CCCCCCC)CCC1. The van der Waals surface area contributed by atoms with Crippen LogP contribution in [0.2, 0.25) is 0 Å². The average molecular weight is 575 g/mol. The number of hydrogen-bond acceptors (Lipinski definition) is 0. The van der Waals surface area contributed by atoms with Crippen LogP contribution in [0.5, 0.6) is 0 Å². The van der Waals surface area contributed by atoms with Crippen molar-refractivity contribution in [2.45, 2.75) is 182 Å². The molecule has 0 saturated carbocycles. The molecule has 0 amide bonds. The van der Waals surface area contributed by atoms with Gasteiger partial charge < -0.3 is 0 Å². The fourth-order valence-electron chi connectivity index (χ4n) is 6.95. The minimum Gasteiger partial charge on any atom is -0.0879 e. The Bertz CT molecular complexity index is 858. The second-order valence-electron chi connectivity index (χ2n) is 13.4. The highest BCUT2D eigenvalue weighted by Gasteiger charge is 2.34. The highest BCUT2D eigenvalue weighted by atomic mass is 14.4. The summed E-state index contributed by atoms with van der Waals surface area (Å²) in [5, 5.41) is 0.